The van der Waals surface area contributed by atoms with E-state index in [4.69, 9.17) is 10.5 Å². The van der Waals surface area contributed by atoms with Crippen molar-refractivity contribution in [3.8, 4) is 22.5 Å². The number of hydrogen-bond donors (Lipinski definition) is 2. The number of rotatable bonds is 7. The summed E-state index contributed by atoms with van der Waals surface area (Å²) in [4.78, 5) is 23.4. The Bertz CT molecular complexity index is 1590. The molecule has 1 aliphatic carbocycles. The first-order chi connectivity index (χ1) is 19.2. The van der Waals surface area contributed by atoms with Gasteiger partial charge in [0.1, 0.15) is 23.7 Å². The summed E-state index contributed by atoms with van der Waals surface area (Å²) in [6.07, 6.45) is -0.381. The van der Waals surface area contributed by atoms with E-state index >= 15 is 0 Å². The van der Waals surface area contributed by atoms with Crippen LogP contribution >= 0.6 is 0 Å². The van der Waals surface area contributed by atoms with Gasteiger partial charge in [0.05, 0.1) is 35.1 Å². The summed E-state index contributed by atoms with van der Waals surface area (Å²) in [5.41, 5.74) is 5.44. The molecule has 1 saturated carbocycles. The van der Waals surface area contributed by atoms with Crippen LogP contribution in [-0.2, 0) is 24.3 Å². The van der Waals surface area contributed by atoms with E-state index in [9.17, 15) is 30.8 Å². The highest BCUT2D eigenvalue weighted by molar-refractivity contribution is 7.89. The van der Waals surface area contributed by atoms with E-state index in [0.29, 0.717) is 11.1 Å². The number of pyridine rings is 1. The van der Waals surface area contributed by atoms with Crippen LogP contribution in [0.2, 0.25) is 0 Å². The van der Waals surface area contributed by atoms with Crippen molar-refractivity contribution >= 4 is 21.8 Å². The molecule has 2 bridgehead atoms. The van der Waals surface area contributed by atoms with Gasteiger partial charge in [-0.2, -0.15) is 13.2 Å². The molecule has 15 heteroatoms. The smallest absolute Gasteiger partial charge is 0.456 e. The molecule has 3 aromatic rings. The maximum atomic E-state index is 14.4. The molecule has 0 unspecified atom stereocenters. The zero-order valence-electron chi connectivity index (χ0n) is 21.7. The molecule has 10 nitrogen and oxygen atoms in total. The largest absolute Gasteiger partial charge is 0.490 e. The fraction of sp³-hybridized carbons (Fsp3) is 0.385. The number of ether oxygens (including phenoxy) is 2. The number of sulfonamides is 1. The second-order valence-electron chi connectivity index (χ2n) is 10.3. The number of fused-ring (bicyclic) bond motifs is 3. The van der Waals surface area contributed by atoms with E-state index in [1.54, 1.807) is 13.0 Å². The predicted octanol–water partition coefficient (Wildman–Crippen LogP) is 3.70. The van der Waals surface area contributed by atoms with Crippen molar-refractivity contribution in [2.75, 3.05) is 18.9 Å². The number of nitrogens with two attached hydrogens (primary N) is 1. The van der Waals surface area contributed by atoms with E-state index in [-0.39, 0.29) is 60.0 Å². The highest BCUT2D eigenvalue weighted by Gasteiger charge is 2.53. The average molecular weight is 596 g/mol. The van der Waals surface area contributed by atoms with Crippen LogP contribution < -0.4 is 10.5 Å². The van der Waals surface area contributed by atoms with E-state index in [1.807, 2.05) is 0 Å². The zero-order chi connectivity index (χ0) is 29.6. The molecule has 0 radical (unpaired) electrons. The first-order valence-electron chi connectivity index (χ1n) is 12.5. The molecule has 2 aliphatic heterocycles. The average Bonchev–Trinajstić information content (AvgIpc) is 2.93. The minimum atomic E-state index is -5.11. The van der Waals surface area contributed by atoms with Crippen molar-refractivity contribution in [1.82, 2.24) is 19.7 Å². The fourth-order valence-electron chi connectivity index (χ4n) is 5.04. The highest BCUT2D eigenvalue weighted by atomic mass is 32.2. The topological polar surface area (TPSA) is 146 Å². The van der Waals surface area contributed by atoms with Crippen LogP contribution in [-0.4, -0.2) is 59.9 Å². The molecule has 6 rings (SSSR count). The Morgan fingerprint density at radius 2 is 1.88 bits per heavy atom. The number of benzene rings is 1. The standard InChI is InChI=1S/C26H25F4N5O5S/c1-15-2-3-16(10-18(15)20-12-33-22(31)21(34-20)17-4-9-32-11-19(17)27)41(37,38)35-24-5-7-25(8-6-24,40-13-24)14-39-23(36)26(28,29)30/h2-4,9-12,35H,5-8,13-14H2,1H3,(H2,31,33). The molecule has 218 valence electrons. The summed E-state index contributed by atoms with van der Waals surface area (Å²) in [6, 6.07) is 5.86. The Hall–Kier alpha value is -3.69. The van der Waals surface area contributed by atoms with Gasteiger partial charge in [-0.1, -0.05) is 6.07 Å². The van der Waals surface area contributed by atoms with Crippen LogP contribution in [0, 0.1) is 12.7 Å². The number of esters is 1. The summed E-state index contributed by atoms with van der Waals surface area (Å²) in [5, 5.41) is 0. The molecule has 3 N–H and O–H groups in total. The summed E-state index contributed by atoms with van der Waals surface area (Å²) in [7, 11) is -4.10. The number of aryl methyl sites for hydroxylation is 1. The van der Waals surface area contributed by atoms with E-state index in [0.717, 1.165) is 6.20 Å². The number of hydrogen-bond acceptors (Lipinski definition) is 9. The minimum absolute atomic E-state index is 0.0140. The maximum absolute atomic E-state index is 14.4. The summed E-state index contributed by atoms with van der Waals surface area (Å²) in [5.74, 6) is -2.95. The Balaban J connectivity index is 1.36. The minimum Gasteiger partial charge on any atom is -0.456 e. The molecular formula is C26H25F4N5O5S. The molecule has 2 saturated heterocycles. The number of alkyl halides is 3. The molecule has 2 aromatic heterocycles. The van der Waals surface area contributed by atoms with Gasteiger partial charge in [0.15, 0.2) is 5.82 Å². The molecule has 3 fully saturated rings. The van der Waals surface area contributed by atoms with Crippen LogP contribution in [0.1, 0.15) is 31.2 Å². The number of anilines is 1. The predicted molar refractivity (Wildman–Crippen MR) is 137 cm³/mol. The van der Waals surface area contributed by atoms with Crippen molar-refractivity contribution in [2.45, 2.75) is 54.8 Å². The molecule has 1 aromatic carbocycles. The number of nitrogens with zero attached hydrogens (tertiary/aromatic N) is 3. The lowest BCUT2D eigenvalue weighted by atomic mass is 9.72. The Kier molecular flexibility index (Phi) is 7.24. The van der Waals surface area contributed by atoms with Crippen molar-refractivity contribution < 1.29 is 40.2 Å². The van der Waals surface area contributed by atoms with Gasteiger partial charge in [0.25, 0.3) is 0 Å². The van der Waals surface area contributed by atoms with Crippen molar-refractivity contribution in [1.29, 1.82) is 0 Å². The molecule has 0 spiro atoms. The molecule has 3 aliphatic rings. The van der Waals surface area contributed by atoms with Gasteiger partial charge in [0, 0.05) is 17.3 Å². The van der Waals surface area contributed by atoms with Crippen molar-refractivity contribution in [2.24, 2.45) is 0 Å². The monoisotopic (exact) mass is 595 g/mol. The summed E-state index contributed by atoms with van der Waals surface area (Å²) >= 11 is 0. The third-order valence-electron chi connectivity index (χ3n) is 7.45. The number of nitrogen functional groups attached to an aromatic ring is 1. The van der Waals surface area contributed by atoms with Gasteiger partial charge in [-0.15, -0.1) is 0 Å². The van der Waals surface area contributed by atoms with Gasteiger partial charge in [-0.25, -0.2) is 32.3 Å². The molecule has 0 amide bonds. The van der Waals surface area contributed by atoms with Gasteiger partial charge >= 0.3 is 12.1 Å². The van der Waals surface area contributed by atoms with Gasteiger partial charge in [0.2, 0.25) is 10.0 Å². The summed E-state index contributed by atoms with van der Waals surface area (Å²) in [6.45, 7) is 1.09. The van der Waals surface area contributed by atoms with Crippen molar-refractivity contribution in [3.05, 3.63) is 54.2 Å². The Labute approximate surface area is 232 Å². The fourth-order valence-corrected chi connectivity index (χ4v) is 6.51. The van der Waals surface area contributed by atoms with E-state index < -0.39 is 45.7 Å². The van der Waals surface area contributed by atoms with Gasteiger partial charge < -0.3 is 15.2 Å². The first-order valence-corrected chi connectivity index (χ1v) is 14.0. The SMILES string of the molecule is Cc1ccc(S(=O)(=O)NC23CCC(COC(=O)C(F)(F)F)(CC2)OC3)cc1-c1cnc(N)c(-c2ccncc2F)n1. The maximum Gasteiger partial charge on any atom is 0.490 e. The Morgan fingerprint density at radius 3 is 2.51 bits per heavy atom. The molecule has 4 heterocycles. The number of carbonyl (C=O) groups excluding carboxylic acids is 1. The lowest BCUT2D eigenvalue weighted by Gasteiger charge is -2.52. The highest BCUT2D eigenvalue weighted by Crippen LogP contribution is 2.45. The zero-order valence-corrected chi connectivity index (χ0v) is 22.5. The molecular weight excluding hydrogens is 570 g/mol. The van der Waals surface area contributed by atoms with Crippen molar-refractivity contribution in [3.63, 3.8) is 0 Å². The second-order valence-corrected chi connectivity index (χ2v) is 11.9. The van der Waals surface area contributed by atoms with Crippen LogP contribution in [0.25, 0.3) is 22.5 Å². The van der Waals surface area contributed by atoms with Gasteiger partial charge in [-0.05, 0) is 56.4 Å². The third-order valence-corrected chi connectivity index (χ3v) is 9.02. The van der Waals surface area contributed by atoms with E-state index in [2.05, 4.69) is 24.4 Å². The molecule has 41 heavy (non-hydrogen) atoms. The number of nitrogens with one attached hydrogen (secondary N) is 1. The third kappa shape index (κ3) is 5.74. The molecule has 0 atom stereocenters. The number of halogens is 4. The number of aromatic nitrogens is 3. The van der Waals surface area contributed by atoms with Gasteiger partial charge in [-0.3, -0.25) is 4.98 Å². The van der Waals surface area contributed by atoms with Crippen LogP contribution in [0.4, 0.5) is 23.4 Å². The second kappa shape index (κ2) is 10.3. The quantitative estimate of drug-likeness (QED) is 0.308. The van der Waals surface area contributed by atoms with Crippen LogP contribution in [0.15, 0.2) is 47.8 Å². The normalized spacial score (nSPS) is 22.5. The first kappa shape index (κ1) is 28.8. The van der Waals surface area contributed by atoms with Crippen LogP contribution in [0.3, 0.4) is 0 Å². The van der Waals surface area contributed by atoms with Crippen LogP contribution in [0.5, 0.6) is 0 Å². The number of carbonyl (C=O) groups is 1. The lowest BCUT2D eigenvalue weighted by Crippen LogP contribution is -2.64. The summed E-state index contributed by atoms with van der Waals surface area (Å²) < 4.78 is 91.8. The Morgan fingerprint density at radius 1 is 1.15 bits per heavy atom. The lowest BCUT2D eigenvalue weighted by molar-refractivity contribution is -0.219. The van der Waals surface area contributed by atoms with E-state index in [1.165, 1.54) is 30.6 Å².